The molecule has 0 saturated carbocycles. The van der Waals surface area contributed by atoms with Crippen molar-refractivity contribution in [3.05, 3.63) is 152 Å². The maximum atomic E-state index is 2.41. The molecule has 5 aromatic rings. The number of rotatable bonds is 2. The molecule has 0 saturated heterocycles. The van der Waals surface area contributed by atoms with Gasteiger partial charge in [0.2, 0.25) is 0 Å². The summed E-state index contributed by atoms with van der Waals surface area (Å²) in [7, 11) is 0. The van der Waals surface area contributed by atoms with Crippen molar-refractivity contribution in [2.75, 3.05) is 0 Å². The van der Waals surface area contributed by atoms with Crippen LogP contribution < -0.4 is 10.4 Å². The molecule has 0 spiro atoms. The SMILES string of the molecule is C1=c2cc(-c3ccccc3)ccc2=c2cc(-c3ccccc3)c3c(c21)C=c1ccccc1=3. The van der Waals surface area contributed by atoms with Crippen LogP contribution in [0.25, 0.3) is 34.4 Å². The average molecular weight is 405 g/mol. The Morgan fingerprint density at radius 2 is 1.06 bits per heavy atom. The van der Waals surface area contributed by atoms with Gasteiger partial charge in [0.25, 0.3) is 0 Å². The van der Waals surface area contributed by atoms with Gasteiger partial charge >= 0.3 is 0 Å². The van der Waals surface area contributed by atoms with Crippen LogP contribution in [0.1, 0.15) is 11.1 Å². The van der Waals surface area contributed by atoms with E-state index in [9.17, 15) is 0 Å². The van der Waals surface area contributed by atoms with E-state index in [1.165, 1.54) is 64.7 Å². The Kier molecular flexibility index (Phi) is 3.65. The highest BCUT2D eigenvalue weighted by Crippen LogP contribution is 2.31. The van der Waals surface area contributed by atoms with Gasteiger partial charge in [-0.25, -0.2) is 0 Å². The lowest BCUT2D eigenvalue weighted by molar-refractivity contribution is 1.42. The Bertz CT molecular complexity index is 1850. The molecule has 7 rings (SSSR count). The molecule has 32 heavy (non-hydrogen) atoms. The molecule has 0 radical (unpaired) electrons. The van der Waals surface area contributed by atoms with Crippen molar-refractivity contribution >= 4 is 12.2 Å². The van der Waals surface area contributed by atoms with Gasteiger partial charge in [-0.3, -0.25) is 0 Å². The molecule has 0 nitrogen and oxygen atoms in total. The lowest BCUT2D eigenvalue weighted by atomic mass is 9.95. The summed E-state index contributed by atoms with van der Waals surface area (Å²) in [6.45, 7) is 0. The van der Waals surface area contributed by atoms with Crippen LogP contribution >= 0.6 is 0 Å². The Morgan fingerprint density at radius 3 is 1.88 bits per heavy atom. The van der Waals surface area contributed by atoms with Gasteiger partial charge < -0.3 is 0 Å². The number of benzene rings is 5. The third-order valence-corrected chi connectivity index (χ3v) is 6.77. The Morgan fingerprint density at radius 1 is 0.375 bits per heavy atom. The fourth-order valence-corrected chi connectivity index (χ4v) is 5.28. The molecule has 0 heterocycles. The highest BCUT2D eigenvalue weighted by atomic mass is 14.2. The normalized spacial score (nSPS) is 12.2. The summed E-state index contributed by atoms with van der Waals surface area (Å²) in [6.07, 6.45) is 4.75. The van der Waals surface area contributed by atoms with Gasteiger partial charge in [-0.05, 0) is 89.0 Å². The van der Waals surface area contributed by atoms with Crippen molar-refractivity contribution in [1.82, 2.24) is 0 Å². The lowest BCUT2D eigenvalue weighted by Gasteiger charge is -2.08. The lowest BCUT2D eigenvalue weighted by Crippen LogP contribution is -2.00. The van der Waals surface area contributed by atoms with Gasteiger partial charge in [-0.1, -0.05) is 97.1 Å². The molecule has 0 aromatic heterocycles. The third kappa shape index (κ3) is 2.50. The summed E-state index contributed by atoms with van der Waals surface area (Å²) in [5.41, 5.74) is 7.80. The van der Waals surface area contributed by atoms with E-state index >= 15 is 0 Å². The second-order valence-corrected chi connectivity index (χ2v) is 8.58. The fourth-order valence-electron chi connectivity index (χ4n) is 5.28. The van der Waals surface area contributed by atoms with Crippen LogP contribution in [0.5, 0.6) is 0 Å². The molecule has 148 valence electrons. The summed E-state index contributed by atoms with van der Waals surface area (Å²) in [4.78, 5) is 0. The summed E-state index contributed by atoms with van der Waals surface area (Å²) >= 11 is 0. The van der Waals surface area contributed by atoms with Crippen LogP contribution in [0.15, 0.2) is 109 Å². The molecular formula is C32H20. The molecule has 0 unspecified atom stereocenters. The molecular weight excluding hydrogens is 384 g/mol. The summed E-state index contributed by atoms with van der Waals surface area (Å²) in [5.74, 6) is 0. The molecule has 2 aliphatic carbocycles. The van der Waals surface area contributed by atoms with Gasteiger partial charge in [0, 0.05) is 0 Å². The summed E-state index contributed by atoms with van der Waals surface area (Å²) in [6, 6.07) is 39.5. The smallest absolute Gasteiger partial charge is 0.00201 e. The minimum absolute atomic E-state index is 1.26. The van der Waals surface area contributed by atoms with Crippen LogP contribution in [-0.2, 0) is 0 Å². The topological polar surface area (TPSA) is 0 Å². The number of hydrogen-bond donors (Lipinski definition) is 0. The first-order chi connectivity index (χ1) is 15.9. The van der Waals surface area contributed by atoms with E-state index in [-0.39, 0.29) is 0 Å². The first kappa shape index (κ1) is 17.5. The highest BCUT2D eigenvalue weighted by molar-refractivity contribution is 5.79. The second kappa shape index (κ2) is 6.67. The Labute approximate surface area is 186 Å². The molecule has 0 atom stereocenters. The van der Waals surface area contributed by atoms with Gasteiger partial charge in [-0.2, -0.15) is 0 Å². The molecule has 0 fully saturated rings. The molecule has 0 amide bonds. The zero-order valence-electron chi connectivity index (χ0n) is 17.5. The van der Waals surface area contributed by atoms with E-state index in [0.717, 1.165) is 0 Å². The molecule has 0 bridgehead atoms. The largest absolute Gasteiger partial charge is 0.0622 e. The zero-order chi connectivity index (χ0) is 21.1. The Hall–Kier alpha value is -4.16. The zero-order valence-corrected chi connectivity index (χ0v) is 17.5. The predicted molar refractivity (Wildman–Crippen MR) is 132 cm³/mol. The van der Waals surface area contributed by atoms with E-state index < -0.39 is 0 Å². The van der Waals surface area contributed by atoms with E-state index in [1.807, 2.05) is 0 Å². The minimum atomic E-state index is 1.26. The summed E-state index contributed by atoms with van der Waals surface area (Å²) < 4.78 is 0. The van der Waals surface area contributed by atoms with Gasteiger partial charge in [-0.15, -0.1) is 0 Å². The second-order valence-electron chi connectivity index (χ2n) is 8.58. The van der Waals surface area contributed by atoms with Gasteiger partial charge in [0.1, 0.15) is 0 Å². The van der Waals surface area contributed by atoms with E-state index in [2.05, 4.69) is 121 Å². The van der Waals surface area contributed by atoms with Gasteiger partial charge in [0.05, 0.1) is 0 Å². The van der Waals surface area contributed by atoms with E-state index in [0.29, 0.717) is 0 Å². The number of hydrogen-bond acceptors (Lipinski definition) is 0. The highest BCUT2D eigenvalue weighted by Gasteiger charge is 2.16. The monoisotopic (exact) mass is 404 g/mol. The maximum Gasteiger partial charge on any atom is -0.00201 e. The van der Waals surface area contributed by atoms with E-state index in [4.69, 9.17) is 0 Å². The first-order valence-corrected chi connectivity index (χ1v) is 11.1. The van der Waals surface area contributed by atoms with Crippen LogP contribution in [0, 0.1) is 20.9 Å². The first-order valence-electron chi connectivity index (χ1n) is 11.1. The average Bonchev–Trinajstić information content (AvgIpc) is 3.43. The molecule has 0 heteroatoms. The van der Waals surface area contributed by atoms with Gasteiger partial charge in [0.15, 0.2) is 0 Å². The maximum absolute atomic E-state index is 2.41. The predicted octanol–water partition coefficient (Wildman–Crippen LogP) is 5.88. The van der Waals surface area contributed by atoms with Crippen LogP contribution in [0.4, 0.5) is 0 Å². The van der Waals surface area contributed by atoms with Crippen molar-refractivity contribution in [2.24, 2.45) is 0 Å². The van der Waals surface area contributed by atoms with Crippen LogP contribution in [-0.4, -0.2) is 0 Å². The molecule has 0 N–H and O–H groups in total. The minimum Gasteiger partial charge on any atom is -0.0622 e. The molecule has 0 aliphatic heterocycles. The van der Waals surface area contributed by atoms with Crippen LogP contribution in [0.2, 0.25) is 0 Å². The summed E-state index contributed by atoms with van der Waals surface area (Å²) in [5, 5.41) is 7.96. The van der Waals surface area contributed by atoms with Crippen molar-refractivity contribution < 1.29 is 0 Å². The number of fused-ring (bicyclic) bond motifs is 5. The fraction of sp³-hybridized carbons (Fsp3) is 0. The molecule has 5 aromatic carbocycles. The van der Waals surface area contributed by atoms with E-state index in [1.54, 1.807) is 0 Å². The van der Waals surface area contributed by atoms with Crippen molar-refractivity contribution in [1.29, 1.82) is 0 Å². The van der Waals surface area contributed by atoms with Crippen molar-refractivity contribution in [3.8, 4) is 22.3 Å². The molecule has 2 aliphatic rings. The van der Waals surface area contributed by atoms with Crippen molar-refractivity contribution in [3.63, 3.8) is 0 Å². The van der Waals surface area contributed by atoms with Crippen molar-refractivity contribution in [2.45, 2.75) is 0 Å². The Balaban J connectivity index is 1.62. The van der Waals surface area contributed by atoms with Crippen LogP contribution in [0.3, 0.4) is 0 Å². The third-order valence-electron chi connectivity index (χ3n) is 6.77. The quantitative estimate of drug-likeness (QED) is 0.338. The standard InChI is InChI=1S/C32H20/c1-3-9-21(10-4-1)23-15-16-26-25(17-23)19-29-30(26)20-28(22-11-5-2-6-12-22)32-27-14-8-7-13-24(27)18-31(29)32/h1-20H.